The topological polar surface area (TPSA) is 127 Å². The quantitative estimate of drug-likeness (QED) is 0.536. The smallest absolute Gasteiger partial charge is 0.269 e. The maximum Gasteiger partial charge on any atom is 0.269 e. The van der Waals surface area contributed by atoms with E-state index in [1.807, 2.05) is 13.8 Å². The minimum absolute atomic E-state index is 0.0379. The van der Waals surface area contributed by atoms with Crippen LogP contribution in [0.15, 0.2) is 23.0 Å². The number of aryl methyl sites for hydroxylation is 3. The molecule has 162 valence electrons. The summed E-state index contributed by atoms with van der Waals surface area (Å²) in [6.45, 7) is 4.60. The molecule has 0 saturated carbocycles. The van der Waals surface area contributed by atoms with Gasteiger partial charge in [0.25, 0.3) is 11.5 Å². The molecule has 0 atom stereocenters. The SMILES string of the molecule is Cc1nn(C)c2[nH]c(=O)c(CCC(=O)NNC(=O)c3ccc4c(c3)OCCO4)c(C)c12. The first-order valence-electron chi connectivity index (χ1n) is 9.89. The number of pyridine rings is 1. The van der Waals surface area contributed by atoms with E-state index in [1.165, 1.54) is 0 Å². The molecule has 0 radical (unpaired) electrons. The van der Waals surface area contributed by atoms with Crippen LogP contribution in [-0.4, -0.2) is 39.8 Å². The summed E-state index contributed by atoms with van der Waals surface area (Å²) >= 11 is 0. The van der Waals surface area contributed by atoms with Crippen LogP contribution in [0, 0.1) is 13.8 Å². The highest BCUT2D eigenvalue weighted by molar-refractivity contribution is 5.96. The summed E-state index contributed by atoms with van der Waals surface area (Å²) in [5, 5.41) is 5.22. The third kappa shape index (κ3) is 3.96. The summed E-state index contributed by atoms with van der Waals surface area (Å²) in [7, 11) is 1.77. The molecule has 31 heavy (non-hydrogen) atoms. The number of benzene rings is 1. The lowest BCUT2D eigenvalue weighted by atomic mass is 10.0. The Morgan fingerprint density at radius 1 is 1.16 bits per heavy atom. The van der Waals surface area contributed by atoms with Gasteiger partial charge in [0, 0.05) is 30.0 Å². The van der Waals surface area contributed by atoms with Crippen LogP contribution in [0.1, 0.15) is 33.6 Å². The van der Waals surface area contributed by atoms with Crippen molar-refractivity contribution < 1.29 is 19.1 Å². The Morgan fingerprint density at radius 3 is 2.68 bits per heavy atom. The summed E-state index contributed by atoms with van der Waals surface area (Å²) in [5.41, 5.74) is 7.63. The number of H-pyrrole nitrogens is 1. The summed E-state index contributed by atoms with van der Waals surface area (Å²) in [4.78, 5) is 39.9. The second kappa shape index (κ2) is 8.13. The van der Waals surface area contributed by atoms with E-state index < -0.39 is 11.8 Å². The van der Waals surface area contributed by atoms with Crippen LogP contribution in [0.25, 0.3) is 11.0 Å². The standard InChI is InChI=1S/C21H23N5O5/c1-11-14(21(29)22-19-18(11)12(2)25-26(19)3)5-7-17(27)23-24-20(28)13-4-6-15-16(10-13)31-9-8-30-15/h4,6,10H,5,7-9H2,1-3H3,(H,22,29)(H,23,27)(H,24,28). The van der Waals surface area contributed by atoms with Crippen LogP contribution in [-0.2, 0) is 18.3 Å². The summed E-state index contributed by atoms with van der Waals surface area (Å²) < 4.78 is 12.5. The number of aromatic amines is 1. The molecule has 0 saturated heterocycles. The lowest BCUT2D eigenvalue weighted by Gasteiger charge is -2.18. The van der Waals surface area contributed by atoms with Crippen molar-refractivity contribution in [3.05, 3.63) is 50.9 Å². The van der Waals surface area contributed by atoms with Crippen LogP contribution in [0.5, 0.6) is 11.5 Å². The van der Waals surface area contributed by atoms with Gasteiger partial charge < -0.3 is 14.5 Å². The molecule has 2 aromatic heterocycles. The molecule has 10 heteroatoms. The van der Waals surface area contributed by atoms with Gasteiger partial charge in [-0.05, 0) is 44.0 Å². The highest BCUT2D eigenvalue weighted by Crippen LogP contribution is 2.30. The van der Waals surface area contributed by atoms with Gasteiger partial charge in [0.1, 0.15) is 18.9 Å². The van der Waals surface area contributed by atoms with Crippen molar-refractivity contribution in [1.29, 1.82) is 0 Å². The van der Waals surface area contributed by atoms with Crippen molar-refractivity contribution in [2.24, 2.45) is 7.05 Å². The number of hydrogen-bond donors (Lipinski definition) is 3. The van der Waals surface area contributed by atoms with Crippen LogP contribution in [0.3, 0.4) is 0 Å². The second-order valence-corrected chi connectivity index (χ2v) is 7.35. The lowest BCUT2D eigenvalue weighted by Crippen LogP contribution is -2.41. The Hall–Kier alpha value is -3.82. The first kappa shape index (κ1) is 20.5. The molecular formula is C21H23N5O5. The number of rotatable bonds is 4. The second-order valence-electron chi connectivity index (χ2n) is 7.35. The number of carbonyl (C=O) groups is 2. The Morgan fingerprint density at radius 2 is 1.90 bits per heavy atom. The van der Waals surface area contributed by atoms with Gasteiger partial charge >= 0.3 is 0 Å². The molecule has 1 aliphatic heterocycles. The maximum atomic E-state index is 12.5. The third-order valence-corrected chi connectivity index (χ3v) is 5.28. The number of carbonyl (C=O) groups excluding carboxylic acids is 2. The van der Waals surface area contributed by atoms with Crippen molar-refractivity contribution in [3.8, 4) is 11.5 Å². The van der Waals surface area contributed by atoms with Gasteiger partial charge in [-0.15, -0.1) is 0 Å². The predicted octanol–water partition coefficient (Wildman–Crippen LogP) is 1.04. The van der Waals surface area contributed by atoms with E-state index in [0.29, 0.717) is 41.5 Å². The van der Waals surface area contributed by atoms with Gasteiger partial charge in [0.2, 0.25) is 5.91 Å². The highest BCUT2D eigenvalue weighted by Gasteiger charge is 2.17. The van der Waals surface area contributed by atoms with E-state index in [4.69, 9.17) is 9.47 Å². The molecule has 3 aromatic rings. The van der Waals surface area contributed by atoms with E-state index in [2.05, 4.69) is 20.9 Å². The maximum absolute atomic E-state index is 12.5. The Kier molecular flexibility index (Phi) is 5.37. The Bertz CT molecular complexity index is 1240. The molecule has 2 amide bonds. The minimum atomic E-state index is -0.480. The first-order chi connectivity index (χ1) is 14.8. The number of hydrogen-bond acceptors (Lipinski definition) is 6. The number of aromatic nitrogens is 3. The van der Waals surface area contributed by atoms with E-state index in [9.17, 15) is 14.4 Å². The average molecular weight is 425 g/mol. The normalized spacial score (nSPS) is 12.6. The molecule has 0 aliphatic carbocycles. The predicted molar refractivity (Wildman–Crippen MR) is 112 cm³/mol. The van der Waals surface area contributed by atoms with Crippen molar-refractivity contribution in [3.63, 3.8) is 0 Å². The highest BCUT2D eigenvalue weighted by atomic mass is 16.6. The fourth-order valence-corrected chi connectivity index (χ4v) is 3.74. The number of fused-ring (bicyclic) bond motifs is 2. The molecule has 0 bridgehead atoms. The zero-order valence-corrected chi connectivity index (χ0v) is 17.5. The van der Waals surface area contributed by atoms with Crippen LogP contribution in [0.4, 0.5) is 0 Å². The van der Waals surface area contributed by atoms with Crippen molar-refractivity contribution >= 4 is 22.8 Å². The molecular weight excluding hydrogens is 402 g/mol. The number of hydrazine groups is 1. The number of nitrogens with one attached hydrogen (secondary N) is 3. The van der Waals surface area contributed by atoms with Crippen LogP contribution in [0.2, 0.25) is 0 Å². The summed E-state index contributed by atoms with van der Waals surface area (Å²) in [6.07, 6.45) is 0.271. The molecule has 1 aromatic carbocycles. The summed E-state index contributed by atoms with van der Waals surface area (Å²) in [5.74, 6) is 0.175. The number of nitrogens with zero attached hydrogens (tertiary/aromatic N) is 2. The lowest BCUT2D eigenvalue weighted by molar-refractivity contribution is -0.121. The minimum Gasteiger partial charge on any atom is -0.486 e. The molecule has 4 rings (SSSR count). The van der Waals surface area contributed by atoms with Crippen LogP contribution < -0.4 is 25.9 Å². The van der Waals surface area contributed by atoms with E-state index in [-0.39, 0.29) is 18.4 Å². The molecule has 10 nitrogen and oxygen atoms in total. The molecule has 0 fully saturated rings. The zero-order valence-electron chi connectivity index (χ0n) is 17.5. The van der Waals surface area contributed by atoms with Crippen molar-refractivity contribution in [1.82, 2.24) is 25.6 Å². The van der Waals surface area contributed by atoms with Gasteiger partial charge in [0.15, 0.2) is 11.5 Å². The number of ether oxygens (including phenoxy) is 2. The van der Waals surface area contributed by atoms with E-state index in [0.717, 1.165) is 16.6 Å². The van der Waals surface area contributed by atoms with Gasteiger partial charge in [-0.25, -0.2) is 0 Å². The molecule has 3 heterocycles. The van der Waals surface area contributed by atoms with Gasteiger partial charge in [-0.3, -0.25) is 29.9 Å². The molecule has 3 N–H and O–H groups in total. The van der Waals surface area contributed by atoms with Crippen LogP contribution >= 0.6 is 0 Å². The number of amides is 2. The van der Waals surface area contributed by atoms with Gasteiger partial charge in [-0.2, -0.15) is 5.10 Å². The largest absolute Gasteiger partial charge is 0.486 e. The van der Waals surface area contributed by atoms with E-state index >= 15 is 0 Å². The molecule has 0 spiro atoms. The Balaban J connectivity index is 1.38. The molecule has 0 unspecified atom stereocenters. The fourth-order valence-electron chi connectivity index (χ4n) is 3.74. The fraction of sp³-hybridized carbons (Fsp3) is 0.333. The Labute approximate surface area is 177 Å². The van der Waals surface area contributed by atoms with Gasteiger partial charge in [0.05, 0.1) is 5.69 Å². The summed E-state index contributed by atoms with van der Waals surface area (Å²) in [6, 6.07) is 4.80. The molecule has 1 aliphatic rings. The van der Waals surface area contributed by atoms with Crippen molar-refractivity contribution in [2.45, 2.75) is 26.7 Å². The van der Waals surface area contributed by atoms with E-state index in [1.54, 1.807) is 29.9 Å². The monoisotopic (exact) mass is 425 g/mol. The van der Waals surface area contributed by atoms with Gasteiger partial charge in [-0.1, -0.05) is 0 Å². The zero-order chi connectivity index (χ0) is 22.1. The van der Waals surface area contributed by atoms with Crippen molar-refractivity contribution in [2.75, 3.05) is 13.2 Å². The average Bonchev–Trinajstić information content (AvgIpc) is 3.04. The first-order valence-corrected chi connectivity index (χ1v) is 9.89. The third-order valence-electron chi connectivity index (χ3n) is 5.28.